The molecule has 0 saturated heterocycles. The van der Waals surface area contributed by atoms with Gasteiger partial charge in [0.2, 0.25) is 0 Å². The zero-order valence-electron chi connectivity index (χ0n) is 10.1. The van der Waals surface area contributed by atoms with Crippen molar-refractivity contribution < 1.29 is 9.90 Å². The second-order valence-corrected chi connectivity index (χ2v) is 4.91. The molecule has 0 aromatic heterocycles. The highest BCUT2D eigenvalue weighted by molar-refractivity contribution is 7.99. The first-order chi connectivity index (χ1) is 8.10. The molecule has 0 radical (unpaired) electrons. The van der Waals surface area contributed by atoms with Crippen LogP contribution in [0.1, 0.15) is 6.92 Å². The fraction of sp³-hybridized carbons (Fsp3) is 0.417. The van der Waals surface area contributed by atoms with Gasteiger partial charge in [0.15, 0.2) is 0 Å². The van der Waals surface area contributed by atoms with E-state index in [0.717, 1.165) is 16.3 Å². The quantitative estimate of drug-likeness (QED) is 0.772. The molecule has 1 aromatic rings. The number of carbonyl (C=O) groups is 1. The molecule has 1 atom stereocenters. The number of aliphatic hydroxyl groups is 1. The van der Waals surface area contributed by atoms with Crippen LogP contribution in [0.25, 0.3) is 0 Å². The van der Waals surface area contributed by atoms with Crippen LogP contribution >= 0.6 is 11.8 Å². The zero-order valence-corrected chi connectivity index (χ0v) is 10.9. The fourth-order valence-corrected chi connectivity index (χ4v) is 2.05. The van der Waals surface area contributed by atoms with E-state index >= 15 is 0 Å². The van der Waals surface area contributed by atoms with Gasteiger partial charge in [0, 0.05) is 24.2 Å². The Labute approximate surface area is 106 Å². The summed E-state index contributed by atoms with van der Waals surface area (Å²) in [5, 5.41) is 9.38. The Morgan fingerprint density at radius 1 is 1.47 bits per heavy atom. The Balaban J connectivity index is 2.75. The number of likely N-dealkylation sites (N-methyl/N-ethyl adjacent to an activating group) is 1. The van der Waals surface area contributed by atoms with Gasteiger partial charge in [-0.1, -0.05) is 6.92 Å². The van der Waals surface area contributed by atoms with Crippen LogP contribution in [0.15, 0.2) is 29.2 Å². The highest BCUT2D eigenvalue weighted by Crippen LogP contribution is 2.21. The molecule has 0 saturated carbocycles. The number of aliphatic hydroxyl groups excluding tert-OH is 1. The number of amides is 1. The standard InChI is InChI=1S/C12H18N2O2S/c1-3-17-10-6-4-9(5-7-10)14(2)12(16)11(15)8-13/h4-7,11,15H,3,8,13H2,1-2H3. The molecule has 5 heteroatoms. The number of anilines is 1. The molecule has 0 aliphatic carbocycles. The van der Waals surface area contributed by atoms with Crippen LogP contribution in [-0.2, 0) is 4.79 Å². The van der Waals surface area contributed by atoms with E-state index < -0.39 is 6.10 Å². The molecular weight excluding hydrogens is 236 g/mol. The Hall–Kier alpha value is -1.04. The van der Waals surface area contributed by atoms with Crippen molar-refractivity contribution in [3.63, 3.8) is 0 Å². The summed E-state index contributed by atoms with van der Waals surface area (Å²) in [5.74, 6) is 0.628. The molecule has 3 N–H and O–H groups in total. The van der Waals surface area contributed by atoms with E-state index in [1.807, 2.05) is 24.3 Å². The third-order valence-electron chi connectivity index (χ3n) is 2.37. The topological polar surface area (TPSA) is 66.6 Å². The number of hydrogen-bond donors (Lipinski definition) is 2. The largest absolute Gasteiger partial charge is 0.382 e. The molecule has 0 bridgehead atoms. The van der Waals surface area contributed by atoms with Crippen molar-refractivity contribution in [1.29, 1.82) is 0 Å². The molecule has 17 heavy (non-hydrogen) atoms. The van der Waals surface area contributed by atoms with Crippen LogP contribution in [0, 0.1) is 0 Å². The van der Waals surface area contributed by atoms with Crippen LogP contribution in [0.2, 0.25) is 0 Å². The number of carbonyl (C=O) groups excluding carboxylic acids is 1. The third-order valence-corrected chi connectivity index (χ3v) is 3.27. The molecule has 0 fully saturated rings. The lowest BCUT2D eigenvalue weighted by atomic mass is 10.2. The van der Waals surface area contributed by atoms with Gasteiger partial charge >= 0.3 is 0 Å². The monoisotopic (exact) mass is 254 g/mol. The van der Waals surface area contributed by atoms with Gasteiger partial charge < -0.3 is 15.7 Å². The van der Waals surface area contributed by atoms with E-state index in [4.69, 9.17) is 5.73 Å². The normalized spacial score (nSPS) is 12.2. The van der Waals surface area contributed by atoms with Crippen molar-refractivity contribution in [2.45, 2.75) is 17.9 Å². The molecule has 1 rings (SSSR count). The van der Waals surface area contributed by atoms with Crippen molar-refractivity contribution in [2.75, 3.05) is 24.2 Å². The number of thioether (sulfide) groups is 1. The third kappa shape index (κ3) is 3.73. The first kappa shape index (κ1) is 14.0. The maximum Gasteiger partial charge on any atom is 0.256 e. The maximum absolute atomic E-state index is 11.7. The molecule has 94 valence electrons. The number of nitrogens with two attached hydrogens (primary N) is 1. The molecule has 1 unspecified atom stereocenters. The van der Waals surface area contributed by atoms with Crippen molar-refractivity contribution in [2.24, 2.45) is 5.73 Å². The smallest absolute Gasteiger partial charge is 0.256 e. The van der Waals surface area contributed by atoms with Gasteiger partial charge in [-0.2, -0.15) is 0 Å². The average molecular weight is 254 g/mol. The van der Waals surface area contributed by atoms with Gasteiger partial charge in [0.05, 0.1) is 0 Å². The summed E-state index contributed by atoms with van der Waals surface area (Å²) in [6.07, 6.45) is -1.13. The lowest BCUT2D eigenvalue weighted by molar-refractivity contribution is -0.125. The fourth-order valence-electron chi connectivity index (χ4n) is 1.38. The molecule has 0 spiro atoms. The van der Waals surface area contributed by atoms with Gasteiger partial charge in [-0.15, -0.1) is 11.8 Å². The molecule has 0 heterocycles. The first-order valence-electron chi connectivity index (χ1n) is 5.48. The van der Waals surface area contributed by atoms with Crippen molar-refractivity contribution >= 4 is 23.4 Å². The zero-order chi connectivity index (χ0) is 12.8. The summed E-state index contributed by atoms with van der Waals surface area (Å²) in [4.78, 5) is 14.3. The highest BCUT2D eigenvalue weighted by atomic mass is 32.2. The predicted molar refractivity (Wildman–Crippen MR) is 71.3 cm³/mol. The maximum atomic E-state index is 11.7. The first-order valence-corrected chi connectivity index (χ1v) is 6.47. The van der Waals surface area contributed by atoms with E-state index in [0.29, 0.717) is 0 Å². The average Bonchev–Trinajstić information content (AvgIpc) is 2.37. The molecule has 4 nitrogen and oxygen atoms in total. The second kappa shape index (κ2) is 6.64. The van der Waals surface area contributed by atoms with Gasteiger partial charge in [-0.25, -0.2) is 0 Å². The number of rotatable bonds is 5. The number of nitrogens with zero attached hydrogens (tertiary/aromatic N) is 1. The molecule has 1 aromatic carbocycles. The SMILES string of the molecule is CCSc1ccc(N(C)C(=O)C(O)CN)cc1. The molecular formula is C12H18N2O2S. The minimum absolute atomic E-state index is 0.0626. The van der Waals surface area contributed by atoms with Gasteiger partial charge in [0.25, 0.3) is 5.91 Å². The lowest BCUT2D eigenvalue weighted by Gasteiger charge is -2.20. The Bertz CT molecular complexity index is 367. The van der Waals surface area contributed by atoms with E-state index in [9.17, 15) is 9.90 Å². The van der Waals surface area contributed by atoms with E-state index in [1.54, 1.807) is 18.8 Å². The second-order valence-electron chi connectivity index (χ2n) is 3.58. The number of benzene rings is 1. The summed E-state index contributed by atoms with van der Waals surface area (Å²) >= 11 is 1.74. The van der Waals surface area contributed by atoms with Crippen LogP contribution in [-0.4, -0.2) is 36.5 Å². The molecule has 0 aliphatic heterocycles. The van der Waals surface area contributed by atoms with Gasteiger partial charge in [-0.3, -0.25) is 4.79 Å². The molecule has 1 amide bonds. The van der Waals surface area contributed by atoms with Crippen LogP contribution in [0.4, 0.5) is 5.69 Å². The summed E-state index contributed by atoms with van der Waals surface area (Å²) in [5.41, 5.74) is 6.00. The number of hydrogen-bond acceptors (Lipinski definition) is 4. The van der Waals surface area contributed by atoms with E-state index in [1.165, 1.54) is 4.90 Å². The van der Waals surface area contributed by atoms with Crippen molar-refractivity contribution in [3.8, 4) is 0 Å². The Morgan fingerprint density at radius 3 is 2.53 bits per heavy atom. The van der Waals surface area contributed by atoms with Crippen LogP contribution in [0.5, 0.6) is 0 Å². The van der Waals surface area contributed by atoms with E-state index in [2.05, 4.69) is 6.92 Å². The summed E-state index contributed by atoms with van der Waals surface area (Å²) < 4.78 is 0. The van der Waals surface area contributed by atoms with Crippen LogP contribution in [0.3, 0.4) is 0 Å². The van der Waals surface area contributed by atoms with Gasteiger partial charge in [-0.05, 0) is 30.0 Å². The van der Waals surface area contributed by atoms with Gasteiger partial charge in [0.1, 0.15) is 6.10 Å². The van der Waals surface area contributed by atoms with E-state index in [-0.39, 0.29) is 12.5 Å². The Kier molecular flexibility index (Phi) is 5.47. The lowest BCUT2D eigenvalue weighted by Crippen LogP contribution is -2.40. The summed E-state index contributed by atoms with van der Waals surface area (Å²) in [7, 11) is 1.63. The highest BCUT2D eigenvalue weighted by Gasteiger charge is 2.18. The minimum atomic E-state index is -1.13. The van der Waals surface area contributed by atoms with Crippen LogP contribution < -0.4 is 10.6 Å². The van der Waals surface area contributed by atoms with Crippen molar-refractivity contribution in [1.82, 2.24) is 0 Å². The van der Waals surface area contributed by atoms with Crippen molar-refractivity contribution in [3.05, 3.63) is 24.3 Å². The molecule has 0 aliphatic rings. The predicted octanol–water partition coefficient (Wildman–Crippen LogP) is 1.08. The minimum Gasteiger partial charge on any atom is -0.382 e. The Morgan fingerprint density at radius 2 is 2.06 bits per heavy atom. The summed E-state index contributed by atoms with van der Waals surface area (Å²) in [6.45, 7) is 2.03. The summed E-state index contributed by atoms with van der Waals surface area (Å²) in [6, 6.07) is 7.64.